The Morgan fingerprint density at radius 1 is 1.15 bits per heavy atom. The van der Waals surface area contributed by atoms with Crippen LogP contribution in [0.3, 0.4) is 0 Å². The molecule has 0 radical (unpaired) electrons. The third-order valence-corrected chi connectivity index (χ3v) is 7.14. The van der Waals surface area contributed by atoms with Crippen molar-refractivity contribution < 1.29 is 19.5 Å². The fourth-order valence-electron chi connectivity index (χ4n) is 5.27. The van der Waals surface area contributed by atoms with Gasteiger partial charge in [0.05, 0.1) is 37.8 Å². The van der Waals surface area contributed by atoms with Crippen molar-refractivity contribution >= 4 is 11.6 Å². The van der Waals surface area contributed by atoms with E-state index < -0.39 is 5.91 Å². The molecule has 41 heavy (non-hydrogen) atoms. The summed E-state index contributed by atoms with van der Waals surface area (Å²) in [5.74, 6) is 0.532. The highest BCUT2D eigenvalue weighted by atomic mass is 16.5. The van der Waals surface area contributed by atoms with Crippen LogP contribution in [-0.4, -0.2) is 61.0 Å². The Morgan fingerprint density at radius 3 is 2.56 bits per heavy atom. The van der Waals surface area contributed by atoms with E-state index in [0.717, 1.165) is 33.5 Å². The van der Waals surface area contributed by atoms with E-state index in [4.69, 9.17) is 14.5 Å². The monoisotopic (exact) mass is 559 g/mol. The number of carbonyl (C=O) groups is 1. The summed E-state index contributed by atoms with van der Waals surface area (Å²) < 4.78 is 14.6. The van der Waals surface area contributed by atoms with Crippen LogP contribution in [0.25, 0.3) is 11.3 Å². The van der Waals surface area contributed by atoms with Gasteiger partial charge in [-0.3, -0.25) is 24.2 Å². The number of aromatic amines is 1. The number of carbonyl (C=O) groups excluding carboxylic acids is 1. The molecule has 1 aliphatic heterocycles. The molecule has 1 aliphatic rings. The van der Waals surface area contributed by atoms with Crippen LogP contribution in [0.1, 0.15) is 39.7 Å². The number of hydrogen-bond donors (Lipinski definition) is 2. The molecule has 214 valence electrons. The van der Waals surface area contributed by atoms with Crippen molar-refractivity contribution in [3.05, 3.63) is 80.4 Å². The summed E-state index contributed by atoms with van der Waals surface area (Å²) in [4.78, 5) is 31.5. The third kappa shape index (κ3) is 5.38. The molecule has 0 fully saturated rings. The lowest BCUT2D eigenvalue weighted by molar-refractivity contribution is -0.0606. The minimum atomic E-state index is -0.705. The summed E-state index contributed by atoms with van der Waals surface area (Å²) >= 11 is 0. The van der Waals surface area contributed by atoms with Gasteiger partial charge in [-0.25, -0.2) is 14.9 Å². The van der Waals surface area contributed by atoms with E-state index in [2.05, 4.69) is 15.4 Å². The first-order chi connectivity index (χ1) is 19.7. The topological polar surface area (TPSA) is 140 Å². The zero-order chi connectivity index (χ0) is 29.3. The first kappa shape index (κ1) is 27.8. The molecule has 0 aliphatic carbocycles. The molecule has 0 saturated heterocycles. The Bertz CT molecular complexity index is 1710. The summed E-state index contributed by atoms with van der Waals surface area (Å²) in [6.45, 7) is 8.71. The number of methoxy groups -OCH3 is 1. The maximum absolute atomic E-state index is 14.0. The Kier molecular flexibility index (Phi) is 7.75. The van der Waals surface area contributed by atoms with Crippen LogP contribution in [0.4, 0.5) is 5.69 Å². The average Bonchev–Trinajstić information content (AvgIpc) is 3.49. The summed E-state index contributed by atoms with van der Waals surface area (Å²) in [5.41, 5.74) is 6.57. The number of nitrogens with zero attached hydrogens (tertiary/aromatic N) is 6. The van der Waals surface area contributed by atoms with Crippen molar-refractivity contribution in [1.82, 2.24) is 29.6 Å². The van der Waals surface area contributed by atoms with E-state index in [9.17, 15) is 14.8 Å². The number of nitrogens with one attached hydrogen (secondary N) is 1. The second-order valence-electron chi connectivity index (χ2n) is 9.97. The van der Waals surface area contributed by atoms with E-state index in [1.807, 2.05) is 58.0 Å². The molecule has 2 aromatic carbocycles. The molecular weight excluding hydrogens is 526 g/mol. The molecule has 2 aromatic heterocycles. The lowest BCUT2D eigenvalue weighted by Crippen LogP contribution is -2.44. The molecule has 4 aromatic rings. The number of aromatic nitrogens is 5. The van der Waals surface area contributed by atoms with E-state index in [1.54, 1.807) is 11.7 Å². The summed E-state index contributed by atoms with van der Waals surface area (Å²) in [7, 11) is 1.59. The van der Waals surface area contributed by atoms with Crippen LogP contribution < -0.4 is 20.7 Å². The first-order valence-corrected chi connectivity index (χ1v) is 13.4. The number of benzene rings is 2. The van der Waals surface area contributed by atoms with Crippen LogP contribution in [0.15, 0.2) is 46.3 Å². The van der Waals surface area contributed by atoms with Crippen molar-refractivity contribution in [2.45, 2.75) is 47.2 Å². The molecule has 0 saturated carbocycles. The molecule has 12 heteroatoms. The molecule has 1 amide bonds. The van der Waals surface area contributed by atoms with E-state index in [0.29, 0.717) is 47.3 Å². The van der Waals surface area contributed by atoms with Crippen LogP contribution >= 0.6 is 0 Å². The van der Waals surface area contributed by atoms with Crippen LogP contribution in [0.5, 0.6) is 11.5 Å². The number of rotatable bonds is 8. The number of ether oxygens (including phenoxy) is 2. The SMILES string of the molecule is CCOc1cc2c(cc1OC)-c1c/c(=N\c3c(C)cc(C)cc3C)n(CCN(O)C(=O)c3cnn[nH]3)c(=O)n1CC2. The first-order valence-electron chi connectivity index (χ1n) is 13.4. The zero-order valence-corrected chi connectivity index (χ0v) is 23.8. The van der Waals surface area contributed by atoms with Crippen molar-refractivity contribution in [3.8, 4) is 22.8 Å². The molecule has 12 nitrogen and oxygen atoms in total. The van der Waals surface area contributed by atoms with Gasteiger partial charge in [0, 0.05) is 24.7 Å². The standard InChI is InChI=1S/C29H33N7O5/c1-6-41-25-13-20-7-8-34-23(21(20)14-24(25)40-5)15-26(31-27-18(3)11-17(2)12-19(27)4)35(29(34)38)9-10-36(39)28(37)22-16-30-33-32-22/h11-16,39H,6-10H2,1-5H3,(H,30,32,33)/b31-26+. The maximum Gasteiger partial charge on any atom is 0.330 e. The Morgan fingerprint density at radius 2 is 1.90 bits per heavy atom. The summed E-state index contributed by atoms with van der Waals surface area (Å²) in [5, 5.41) is 20.5. The Balaban J connectivity index is 1.66. The van der Waals surface area contributed by atoms with Crippen molar-refractivity contribution in [2.24, 2.45) is 4.99 Å². The fraction of sp³-hybridized carbons (Fsp3) is 0.345. The molecular formula is C29H33N7O5. The normalized spacial score (nSPS) is 12.6. The molecule has 0 bridgehead atoms. The summed E-state index contributed by atoms with van der Waals surface area (Å²) in [6.07, 6.45) is 1.84. The Labute approximate surface area is 236 Å². The van der Waals surface area contributed by atoms with Gasteiger partial charge in [0.2, 0.25) is 0 Å². The number of hydroxylamine groups is 2. The largest absolute Gasteiger partial charge is 0.493 e. The van der Waals surface area contributed by atoms with Gasteiger partial charge in [0.1, 0.15) is 11.2 Å². The second kappa shape index (κ2) is 11.4. The van der Waals surface area contributed by atoms with Gasteiger partial charge in [-0.1, -0.05) is 22.9 Å². The number of fused-ring (bicyclic) bond motifs is 3. The highest BCUT2D eigenvalue weighted by Crippen LogP contribution is 2.37. The van der Waals surface area contributed by atoms with Crippen LogP contribution in [0.2, 0.25) is 0 Å². The highest BCUT2D eigenvalue weighted by molar-refractivity contribution is 5.90. The van der Waals surface area contributed by atoms with Crippen molar-refractivity contribution in [2.75, 3.05) is 20.3 Å². The number of H-pyrrole nitrogens is 1. The molecule has 5 rings (SSSR count). The number of aryl methyl sites for hydroxylation is 4. The molecule has 2 N–H and O–H groups in total. The lowest BCUT2D eigenvalue weighted by Gasteiger charge is -2.25. The summed E-state index contributed by atoms with van der Waals surface area (Å²) in [6, 6.07) is 9.83. The molecule has 0 unspecified atom stereocenters. The predicted molar refractivity (Wildman–Crippen MR) is 151 cm³/mol. The van der Waals surface area contributed by atoms with Gasteiger partial charge in [0.15, 0.2) is 11.5 Å². The second-order valence-corrected chi connectivity index (χ2v) is 9.97. The van der Waals surface area contributed by atoms with Crippen LogP contribution in [-0.2, 0) is 19.5 Å². The minimum absolute atomic E-state index is 0.00512. The highest BCUT2D eigenvalue weighted by Gasteiger charge is 2.23. The number of amides is 1. The van der Waals surface area contributed by atoms with Gasteiger partial charge in [-0.2, -0.15) is 0 Å². The third-order valence-electron chi connectivity index (χ3n) is 7.14. The Hall–Kier alpha value is -4.71. The maximum atomic E-state index is 14.0. The zero-order valence-electron chi connectivity index (χ0n) is 23.8. The molecule has 0 atom stereocenters. The fourth-order valence-corrected chi connectivity index (χ4v) is 5.27. The van der Waals surface area contributed by atoms with Crippen LogP contribution in [0, 0.1) is 20.8 Å². The van der Waals surface area contributed by atoms with Gasteiger partial charge < -0.3 is 9.47 Å². The van der Waals surface area contributed by atoms with E-state index in [1.165, 1.54) is 10.8 Å². The lowest BCUT2D eigenvalue weighted by atomic mass is 9.97. The average molecular weight is 560 g/mol. The predicted octanol–water partition coefficient (Wildman–Crippen LogP) is 3.09. The molecule has 0 spiro atoms. The van der Waals surface area contributed by atoms with Gasteiger partial charge in [0.25, 0.3) is 5.91 Å². The number of hydrogen-bond acceptors (Lipinski definition) is 8. The van der Waals surface area contributed by atoms with Crippen molar-refractivity contribution in [3.63, 3.8) is 0 Å². The van der Waals surface area contributed by atoms with Crippen molar-refractivity contribution in [1.29, 1.82) is 0 Å². The quantitative estimate of drug-likeness (QED) is 0.250. The van der Waals surface area contributed by atoms with Gasteiger partial charge in [-0.05, 0) is 62.9 Å². The molecule has 3 heterocycles. The van der Waals surface area contributed by atoms with Gasteiger partial charge in [-0.15, -0.1) is 5.10 Å². The minimum Gasteiger partial charge on any atom is -0.493 e. The van der Waals surface area contributed by atoms with E-state index in [-0.39, 0.29) is 24.5 Å². The van der Waals surface area contributed by atoms with Gasteiger partial charge >= 0.3 is 5.69 Å². The van der Waals surface area contributed by atoms with E-state index >= 15 is 0 Å². The smallest absolute Gasteiger partial charge is 0.330 e.